The maximum absolute atomic E-state index is 12.1. The van der Waals surface area contributed by atoms with E-state index in [9.17, 15) is 14.9 Å². The number of benzene rings is 2. The summed E-state index contributed by atoms with van der Waals surface area (Å²) in [6, 6.07) is 12.8. The van der Waals surface area contributed by atoms with Gasteiger partial charge in [0.2, 0.25) is 11.8 Å². The number of carbonyl (C=O) groups excluding carboxylic acids is 1. The van der Waals surface area contributed by atoms with Crippen molar-refractivity contribution in [2.75, 3.05) is 5.32 Å². The van der Waals surface area contributed by atoms with Crippen molar-refractivity contribution in [2.45, 2.75) is 0 Å². The summed E-state index contributed by atoms with van der Waals surface area (Å²) in [6.07, 6.45) is 7.33. The van der Waals surface area contributed by atoms with Gasteiger partial charge in [0.15, 0.2) is 0 Å². The van der Waals surface area contributed by atoms with E-state index >= 15 is 0 Å². The molecule has 1 heterocycles. The van der Waals surface area contributed by atoms with Gasteiger partial charge >= 0.3 is 0 Å². The molecule has 0 fully saturated rings. The number of nitro groups is 1. The fourth-order valence-electron chi connectivity index (χ4n) is 2.19. The SMILES string of the molecule is O=C(/C=C/c1cccc([N+](=O)[O-])c1)Nc1cccc(Oc2cnccn2)c1. The Labute approximate surface area is 154 Å². The van der Waals surface area contributed by atoms with Gasteiger partial charge in [0.05, 0.1) is 11.1 Å². The second-order valence-corrected chi connectivity index (χ2v) is 5.35. The molecule has 0 aliphatic carbocycles. The summed E-state index contributed by atoms with van der Waals surface area (Å²) in [5.41, 5.74) is 1.05. The maximum Gasteiger partial charge on any atom is 0.270 e. The van der Waals surface area contributed by atoms with Gasteiger partial charge in [-0.25, -0.2) is 4.98 Å². The lowest BCUT2D eigenvalue weighted by molar-refractivity contribution is -0.384. The van der Waals surface area contributed by atoms with E-state index in [0.717, 1.165) is 0 Å². The van der Waals surface area contributed by atoms with Crippen LogP contribution in [0.1, 0.15) is 5.56 Å². The molecule has 0 aliphatic heterocycles. The third-order valence-corrected chi connectivity index (χ3v) is 3.37. The number of rotatable bonds is 6. The highest BCUT2D eigenvalue weighted by Crippen LogP contribution is 2.22. The molecule has 134 valence electrons. The highest BCUT2D eigenvalue weighted by molar-refractivity contribution is 6.02. The van der Waals surface area contributed by atoms with Crippen molar-refractivity contribution in [3.05, 3.63) is 88.9 Å². The molecule has 0 unspecified atom stereocenters. The average Bonchev–Trinajstić information content (AvgIpc) is 2.68. The lowest BCUT2D eigenvalue weighted by Crippen LogP contribution is -2.07. The van der Waals surface area contributed by atoms with Gasteiger partial charge in [-0.2, -0.15) is 0 Å². The fourth-order valence-corrected chi connectivity index (χ4v) is 2.19. The summed E-state index contributed by atoms with van der Waals surface area (Å²) in [5, 5.41) is 13.5. The molecule has 0 saturated heterocycles. The van der Waals surface area contributed by atoms with Gasteiger partial charge in [-0.15, -0.1) is 0 Å². The zero-order valence-corrected chi connectivity index (χ0v) is 14.0. The number of ether oxygens (including phenoxy) is 1. The van der Waals surface area contributed by atoms with E-state index in [1.165, 1.54) is 42.9 Å². The summed E-state index contributed by atoms with van der Waals surface area (Å²) in [4.78, 5) is 30.3. The number of non-ortho nitro benzene ring substituents is 1. The Bertz CT molecular complexity index is 990. The smallest absolute Gasteiger partial charge is 0.270 e. The quantitative estimate of drug-likeness (QED) is 0.406. The Hall–Kier alpha value is -4.07. The van der Waals surface area contributed by atoms with Crippen molar-refractivity contribution in [1.29, 1.82) is 0 Å². The molecule has 27 heavy (non-hydrogen) atoms. The van der Waals surface area contributed by atoms with Gasteiger partial charge in [0, 0.05) is 42.4 Å². The second kappa shape index (κ2) is 8.34. The number of amides is 1. The van der Waals surface area contributed by atoms with Crippen molar-refractivity contribution in [3.63, 3.8) is 0 Å². The predicted octanol–water partition coefficient (Wildman–Crippen LogP) is 3.83. The predicted molar refractivity (Wildman–Crippen MR) is 99.3 cm³/mol. The largest absolute Gasteiger partial charge is 0.437 e. The summed E-state index contributed by atoms with van der Waals surface area (Å²) in [7, 11) is 0. The Kier molecular flexibility index (Phi) is 5.48. The lowest BCUT2D eigenvalue weighted by Gasteiger charge is -2.06. The number of nitrogens with one attached hydrogen (secondary N) is 1. The number of nitro benzene ring substituents is 1. The highest BCUT2D eigenvalue weighted by atomic mass is 16.6. The molecule has 0 radical (unpaired) electrons. The van der Waals surface area contributed by atoms with Gasteiger partial charge < -0.3 is 10.1 Å². The zero-order chi connectivity index (χ0) is 19.1. The van der Waals surface area contributed by atoms with Crippen LogP contribution in [0, 0.1) is 10.1 Å². The molecule has 1 amide bonds. The van der Waals surface area contributed by atoms with E-state index in [4.69, 9.17) is 4.74 Å². The molecule has 0 bridgehead atoms. The van der Waals surface area contributed by atoms with Crippen LogP contribution in [0.15, 0.2) is 73.2 Å². The van der Waals surface area contributed by atoms with Crippen LogP contribution in [0.25, 0.3) is 6.08 Å². The molecule has 3 rings (SSSR count). The maximum atomic E-state index is 12.1. The number of anilines is 1. The number of nitrogens with zero attached hydrogens (tertiary/aromatic N) is 3. The molecular weight excluding hydrogens is 348 g/mol. The van der Waals surface area contributed by atoms with Crippen LogP contribution in [0.5, 0.6) is 11.6 Å². The topological polar surface area (TPSA) is 107 Å². The summed E-state index contributed by atoms with van der Waals surface area (Å²) < 4.78 is 5.56. The van der Waals surface area contributed by atoms with Crippen molar-refractivity contribution in [3.8, 4) is 11.6 Å². The van der Waals surface area contributed by atoms with Crippen molar-refractivity contribution < 1.29 is 14.5 Å². The minimum Gasteiger partial charge on any atom is -0.437 e. The standard InChI is InChI=1S/C19H14N4O4/c24-18(8-7-14-3-1-5-16(11-14)23(25)26)22-15-4-2-6-17(12-15)27-19-13-20-9-10-21-19/h1-13H,(H,22,24)/b8-7+. The first-order chi connectivity index (χ1) is 13.1. The molecule has 3 aromatic rings. The van der Waals surface area contributed by atoms with Gasteiger partial charge in [-0.1, -0.05) is 18.2 Å². The van der Waals surface area contributed by atoms with Crippen molar-refractivity contribution >= 4 is 23.4 Å². The van der Waals surface area contributed by atoms with Crippen LogP contribution in [0.3, 0.4) is 0 Å². The molecule has 8 heteroatoms. The summed E-state index contributed by atoms with van der Waals surface area (Å²) in [5.74, 6) is 0.459. The molecule has 8 nitrogen and oxygen atoms in total. The third-order valence-electron chi connectivity index (χ3n) is 3.37. The fraction of sp³-hybridized carbons (Fsp3) is 0. The van der Waals surface area contributed by atoms with Gasteiger partial charge in [0.1, 0.15) is 5.75 Å². The molecule has 2 aromatic carbocycles. The Morgan fingerprint density at radius 2 is 2.00 bits per heavy atom. The van der Waals surface area contributed by atoms with Crippen molar-refractivity contribution in [1.82, 2.24) is 9.97 Å². The monoisotopic (exact) mass is 362 g/mol. The molecule has 0 atom stereocenters. The second-order valence-electron chi connectivity index (χ2n) is 5.35. The van der Waals surface area contributed by atoms with Crippen LogP contribution < -0.4 is 10.1 Å². The molecule has 1 aromatic heterocycles. The number of carbonyl (C=O) groups is 1. The number of hydrogen-bond donors (Lipinski definition) is 1. The van der Waals surface area contributed by atoms with Crippen molar-refractivity contribution in [2.24, 2.45) is 0 Å². The normalized spacial score (nSPS) is 10.5. The van der Waals surface area contributed by atoms with Crippen LogP contribution in [0.2, 0.25) is 0 Å². The molecular formula is C19H14N4O4. The summed E-state index contributed by atoms with van der Waals surface area (Å²) >= 11 is 0. The number of hydrogen-bond acceptors (Lipinski definition) is 6. The lowest BCUT2D eigenvalue weighted by atomic mass is 10.2. The van der Waals surface area contributed by atoms with Crippen LogP contribution in [-0.2, 0) is 4.79 Å². The van der Waals surface area contributed by atoms with Gasteiger partial charge in [0.25, 0.3) is 5.69 Å². The van der Waals surface area contributed by atoms with Gasteiger partial charge in [-0.05, 0) is 23.8 Å². The van der Waals surface area contributed by atoms with E-state index in [1.807, 2.05) is 0 Å². The summed E-state index contributed by atoms with van der Waals surface area (Å²) in [6.45, 7) is 0. The molecule has 0 saturated carbocycles. The van der Waals surface area contributed by atoms with Gasteiger partial charge in [-0.3, -0.25) is 19.9 Å². The number of aromatic nitrogens is 2. The average molecular weight is 362 g/mol. The van der Waals surface area contributed by atoms with E-state index in [-0.39, 0.29) is 11.6 Å². The first-order valence-electron chi connectivity index (χ1n) is 7.87. The Morgan fingerprint density at radius 3 is 2.78 bits per heavy atom. The van der Waals surface area contributed by atoms with E-state index in [1.54, 1.807) is 36.4 Å². The van der Waals surface area contributed by atoms with Crippen LogP contribution in [0.4, 0.5) is 11.4 Å². The third kappa shape index (κ3) is 5.20. The minimum atomic E-state index is -0.486. The van der Waals surface area contributed by atoms with E-state index in [0.29, 0.717) is 22.9 Å². The molecule has 1 N–H and O–H groups in total. The van der Waals surface area contributed by atoms with Crippen LogP contribution >= 0.6 is 0 Å². The molecule has 0 aliphatic rings. The minimum absolute atomic E-state index is 0.0357. The highest BCUT2D eigenvalue weighted by Gasteiger charge is 2.05. The Morgan fingerprint density at radius 1 is 1.15 bits per heavy atom. The zero-order valence-electron chi connectivity index (χ0n) is 14.0. The van der Waals surface area contributed by atoms with E-state index < -0.39 is 4.92 Å². The van der Waals surface area contributed by atoms with Crippen LogP contribution in [-0.4, -0.2) is 20.8 Å². The Balaban J connectivity index is 1.65. The first kappa shape index (κ1) is 17.7. The first-order valence-corrected chi connectivity index (χ1v) is 7.87. The molecule has 0 spiro atoms. The van der Waals surface area contributed by atoms with E-state index in [2.05, 4.69) is 15.3 Å².